The van der Waals surface area contributed by atoms with Crippen molar-refractivity contribution >= 4 is 40.7 Å². The molecule has 0 spiro atoms. The molecule has 0 N–H and O–H groups in total. The van der Waals surface area contributed by atoms with E-state index in [1.807, 2.05) is 25.1 Å². The van der Waals surface area contributed by atoms with Crippen molar-refractivity contribution in [3.63, 3.8) is 0 Å². The van der Waals surface area contributed by atoms with Crippen LogP contribution in [0.5, 0.6) is 0 Å². The van der Waals surface area contributed by atoms with Crippen LogP contribution < -0.4 is 4.90 Å². The zero-order valence-corrected chi connectivity index (χ0v) is 21.2. The zero-order chi connectivity index (χ0) is 26.6. The number of anilines is 1. The van der Waals surface area contributed by atoms with Crippen molar-refractivity contribution in [1.29, 1.82) is 0 Å². The van der Waals surface area contributed by atoms with Gasteiger partial charge in [0.05, 0.1) is 23.6 Å². The van der Waals surface area contributed by atoms with E-state index >= 15 is 0 Å². The van der Waals surface area contributed by atoms with Gasteiger partial charge in [0, 0.05) is 27.9 Å². The lowest BCUT2D eigenvalue weighted by Gasteiger charge is -2.32. The third-order valence-electron chi connectivity index (χ3n) is 7.54. The molecule has 0 bridgehead atoms. The SMILES string of the molecule is Cc1ccc(N2C(=O)C3C(C2=O)C(C(=O)c2ccc(Cl)cc2)N2C=CC(C(=O)c4ccccc4)=CC32)cc1. The van der Waals surface area contributed by atoms with E-state index in [4.69, 9.17) is 11.6 Å². The van der Waals surface area contributed by atoms with Gasteiger partial charge in [0.2, 0.25) is 11.8 Å². The quantitative estimate of drug-likeness (QED) is 0.347. The van der Waals surface area contributed by atoms with E-state index in [9.17, 15) is 19.2 Å². The van der Waals surface area contributed by atoms with Crippen LogP contribution in [0.4, 0.5) is 5.69 Å². The van der Waals surface area contributed by atoms with Crippen LogP contribution in [0.15, 0.2) is 103 Å². The molecule has 3 aliphatic heterocycles. The van der Waals surface area contributed by atoms with Gasteiger partial charge in [-0.2, -0.15) is 0 Å². The van der Waals surface area contributed by atoms with Gasteiger partial charge in [-0.15, -0.1) is 0 Å². The van der Waals surface area contributed by atoms with Gasteiger partial charge in [0.15, 0.2) is 11.6 Å². The average Bonchev–Trinajstić information content (AvgIpc) is 3.41. The number of ketones is 2. The van der Waals surface area contributed by atoms with Gasteiger partial charge in [-0.1, -0.05) is 65.7 Å². The molecule has 4 unspecified atom stereocenters. The van der Waals surface area contributed by atoms with E-state index in [0.29, 0.717) is 27.4 Å². The Morgan fingerprint density at radius 3 is 2.13 bits per heavy atom. The molecule has 0 saturated carbocycles. The minimum absolute atomic E-state index is 0.183. The number of rotatable bonds is 5. The Labute approximate surface area is 224 Å². The number of hydrogen-bond donors (Lipinski definition) is 0. The highest BCUT2D eigenvalue weighted by Gasteiger charge is 2.63. The summed E-state index contributed by atoms with van der Waals surface area (Å²) in [6, 6.07) is 21.0. The minimum atomic E-state index is -0.904. The minimum Gasteiger partial charge on any atom is -0.359 e. The number of fused-ring (bicyclic) bond motifs is 3. The summed E-state index contributed by atoms with van der Waals surface area (Å²) >= 11 is 6.03. The number of aryl methyl sites for hydroxylation is 1. The predicted octanol–water partition coefficient (Wildman–Crippen LogP) is 5.03. The number of halogens is 1. The summed E-state index contributed by atoms with van der Waals surface area (Å²) in [5.41, 5.74) is 2.82. The molecule has 3 aromatic rings. The fourth-order valence-electron chi connectivity index (χ4n) is 5.69. The van der Waals surface area contributed by atoms with Crippen molar-refractivity contribution in [2.45, 2.75) is 19.0 Å². The monoisotopic (exact) mass is 522 g/mol. The summed E-state index contributed by atoms with van der Waals surface area (Å²) < 4.78 is 0. The average molecular weight is 523 g/mol. The maximum absolute atomic E-state index is 13.9. The predicted molar refractivity (Wildman–Crippen MR) is 144 cm³/mol. The molecule has 2 saturated heterocycles. The van der Waals surface area contributed by atoms with Crippen molar-refractivity contribution in [2.75, 3.05) is 4.90 Å². The Bertz CT molecular complexity index is 1530. The maximum Gasteiger partial charge on any atom is 0.240 e. The molecule has 38 heavy (non-hydrogen) atoms. The van der Waals surface area contributed by atoms with Crippen LogP contribution in [0.25, 0.3) is 0 Å². The summed E-state index contributed by atoms with van der Waals surface area (Å²) in [4.78, 5) is 57.7. The summed E-state index contributed by atoms with van der Waals surface area (Å²) in [6.45, 7) is 1.93. The highest BCUT2D eigenvalue weighted by molar-refractivity contribution is 6.30. The molecule has 0 aliphatic carbocycles. The van der Waals surface area contributed by atoms with Gasteiger partial charge < -0.3 is 4.90 Å². The zero-order valence-electron chi connectivity index (χ0n) is 20.5. The molecule has 2 amide bonds. The third-order valence-corrected chi connectivity index (χ3v) is 7.79. The van der Waals surface area contributed by atoms with Crippen LogP contribution >= 0.6 is 11.6 Å². The van der Waals surface area contributed by atoms with Crippen LogP contribution in [0.3, 0.4) is 0 Å². The standard InChI is InChI=1S/C31H23ClN2O4/c1-18-7-13-23(14-8-18)34-30(37)25-24-17-21(28(35)19-5-3-2-4-6-19)15-16-33(24)27(26(25)31(34)38)29(36)20-9-11-22(32)12-10-20/h2-17,24-27H,1H3. The van der Waals surface area contributed by atoms with Gasteiger partial charge in [-0.05, 0) is 49.4 Å². The summed E-state index contributed by atoms with van der Waals surface area (Å²) in [7, 11) is 0. The normalized spacial score (nSPS) is 23.8. The van der Waals surface area contributed by atoms with Gasteiger partial charge >= 0.3 is 0 Å². The van der Waals surface area contributed by atoms with E-state index in [-0.39, 0.29) is 17.5 Å². The van der Waals surface area contributed by atoms with Gasteiger partial charge in [0.25, 0.3) is 0 Å². The van der Waals surface area contributed by atoms with E-state index in [0.717, 1.165) is 5.56 Å². The Hall–Kier alpha value is -4.29. The smallest absolute Gasteiger partial charge is 0.240 e. The molecule has 7 heteroatoms. The number of Topliss-reactive ketones (excluding diaryl/α,β-unsaturated/α-hetero) is 2. The number of carbonyl (C=O) groups is 4. The van der Waals surface area contributed by atoms with Crippen molar-refractivity contribution in [3.8, 4) is 0 Å². The van der Waals surface area contributed by atoms with E-state index in [1.165, 1.54) is 4.90 Å². The molecule has 2 fully saturated rings. The lowest BCUT2D eigenvalue weighted by Crippen LogP contribution is -2.46. The van der Waals surface area contributed by atoms with Crippen LogP contribution in [0.1, 0.15) is 26.3 Å². The molecular formula is C31H23ClN2O4. The number of hydrogen-bond acceptors (Lipinski definition) is 5. The summed E-state index contributed by atoms with van der Waals surface area (Å²) in [5, 5.41) is 0.492. The molecule has 3 aliphatic rings. The van der Waals surface area contributed by atoms with Crippen molar-refractivity contribution < 1.29 is 19.2 Å². The summed E-state index contributed by atoms with van der Waals surface area (Å²) in [6.07, 6.45) is 5.06. The first kappa shape index (κ1) is 24.1. The lowest BCUT2D eigenvalue weighted by atomic mass is 9.85. The summed E-state index contributed by atoms with van der Waals surface area (Å²) in [5.74, 6) is -2.95. The Kier molecular flexibility index (Phi) is 5.84. The van der Waals surface area contributed by atoms with Crippen LogP contribution in [-0.2, 0) is 9.59 Å². The topological polar surface area (TPSA) is 74.8 Å². The van der Waals surface area contributed by atoms with Crippen LogP contribution in [-0.4, -0.2) is 40.4 Å². The van der Waals surface area contributed by atoms with Gasteiger partial charge in [0.1, 0.15) is 6.04 Å². The molecule has 4 atom stereocenters. The Morgan fingerprint density at radius 1 is 0.789 bits per heavy atom. The second-order valence-electron chi connectivity index (χ2n) is 9.79. The number of imide groups is 1. The van der Waals surface area contributed by atoms with Crippen LogP contribution in [0.2, 0.25) is 5.02 Å². The molecular weight excluding hydrogens is 500 g/mol. The number of nitrogens with zero attached hydrogens (tertiary/aromatic N) is 2. The van der Waals surface area contributed by atoms with Crippen molar-refractivity contribution in [1.82, 2.24) is 4.90 Å². The highest BCUT2D eigenvalue weighted by atomic mass is 35.5. The fourth-order valence-corrected chi connectivity index (χ4v) is 5.81. The number of benzene rings is 3. The molecule has 0 radical (unpaired) electrons. The Balaban J connectivity index is 1.43. The molecule has 188 valence electrons. The molecule has 0 aromatic heterocycles. The molecule has 3 heterocycles. The first-order valence-electron chi connectivity index (χ1n) is 12.4. The largest absolute Gasteiger partial charge is 0.359 e. The van der Waals surface area contributed by atoms with Crippen molar-refractivity contribution in [2.24, 2.45) is 11.8 Å². The maximum atomic E-state index is 13.9. The number of allylic oxidation sites excluding steroid dienone is 2. The first-order valence-corrected chi connectivity index (χ1v) is 12.7. The Morgan fingerprint density at radius 2 is 1.45 bits per heavy atom. The lowest BCUT2D eigenvalue weighted by molar-refractivity contribution is -0.123. The third kappa shape index (κ3) is 3.80. The number of carbonyl (C=O) groups excluding carboxylic acids is 4. The van der Waals surface area contributed by atoms with Gasteiger partial charge in [-0.25, -0.2) is 4.90 Å². The number of amides is 2. The van der Waals surface area contributed by atoms with Gasteiger partial charge in [-0.3, -0.25) is 19.2 Å². The van der Waals surface area contributed by atoms with E-state index < -0.39 is 29.8 Å². The second kappa shape index (κ2) is 9.23. The second-order valence-corrected chi connectivity index (χ2v) is 10.2. The molecule has 3 aromatic carbocycles. The van der Waals surface area contributed by atoms with Crippen molar-refractivity contribution in [3.05, 3.63) is 125 Å². The van der Waals surface area contributed by atoms with E-state index in [1.54, 1.807) is 83.9 Å². The molecule has 6 nitrogen and oxygen atoms in total. The fraction of sp³-hybridized carbons (Fsp3) is 0.161. The van der Waals surface area contributed by atoms with Crippen LogP contribution in [0, 0.1) is 18.8 Å². The molecule has 6 rings (SSSR count). The highest BCUT2D eigenvalue weighted by Crippen LogP contribution is 2.47. The first-order chi connectivity index (χ1) is 18.3. The van der Waals surface area contributed by atoms with E-state index in [2.05, 4.69) is 0 Å².